The van der Waals surface area contributed by atoms with Crippen LogP contribution in [0.3, 0.4) is 0 Å². The first-order chi connectivity index (χ1) is 11.5. The third-order valence-electron chi connectivity index (χ3n) is 4.96. The third-order valence-corrected chi connectivity index (χ3v) is 4.96. The maximum Gasteiger partial charge on any atom is 0.322 e. The lowest BCUT2D eigenvalue weighted by Gasteiger charge is -2.31. The normalized spacial score (nSPS) is 21.8. The molecule has 1 aromatic rings. The Bertz CT molecular complexity index is 696. The minimum Gasteiger partial charge on any atom is -0.497 e. The Morgan fingerprint density at radius 2 is 1.96 bits per heavy atom. The molecule has 6 nitrogen and oxygen atoms in total. The second-order valence-electron chi connectivity index (χ2n) is 6.27. The summed E-state index contributed by atoms with van der Waals surface area (Å²) >= 11 is 0. The van der Waals surface area contributed by atoms with Crippen LogP contribution >= 0.6 is 0 Å². The number of rotatable bonds is 4. The zero-order valence-electron chi connectivity index (χ0n) is 14.5. The smallest absolute Gasteiger partial charge is 0.322 e. The molecule has 24 heavy (non-hydrogen) atoms. The van der Waals surface area contributed by atoms with Crippen molar-refractivity contribution < 1.29 is 14.3 Å². The molecule has 3 rings (SSSR count). The lowest BCUT2D eigenvalue weighted by atomic mass is 9.95. The predicted octanol–water partition coefficient (Wildman–Crippen LogP) is 2.29. The summed E-state index contributed by atoms with van der Waals surface area (Å²) in [6, 6.07) is 6.99. The van der Waals surface area contributed by atoms with Crippen molar-refractivity contribution >= 4 is 11.9 Å². The topological polar surface area (TPSA) is 61.9 Å². The Labute approximate surface area is 142 Å². The second-order valence-corrected chi connectivity index (χ2v) is 6.27. The number of carbonyl (C=O) groups excluding carboxylic acids is 2. The van der Waals surface area contributed by atoms with Gasteiger partial charge < -0.3 is 15.0 Å². The number of methoxy groups -OCH3 is 1. The van der Waals surface area contributed by atoms with Gasteiger partial charge in [-0.25, -0.2) is 4.79 Å². The van der Waals surface area contributed by atoms with Gasteiger partial charge in [0.25, 0.3) is 5.91 Å². The van der Waals surface area contributed by atoms with Gasteiger partial charge in [-0.1, -0.05) is 19.1 Å². The number of ether oxygens (including phenoxy) is 1. The van der Waals surface area contributed by atoms with Crippen LogP contribution < -0.4 is 10.1 Å². The summed E-state index contributed by atoms with van der Waals surface area (Å²) in [5, 5.41) is 2.94. The van der Waals surface area contributed by atoms with E-state index in [4.69, 9.17) is 4.74 Å². The van der Waals surface area contributed by atoms with E-state index in [-0.39, 0.29) is 18.0 Å². The van der Waals surface area contributed by atoms with Gasteiger partial charge in [0, 0.05) is 13.1 Å². The number of benzene rings is 1. The standard InChI is InChI=1S/C18H23N3O3/c1-5-11(2)21-10-14-15(17(21)22)16(19-18(23)20(14)3)12-6-8-13(24-4)9-7-12/h6-9,11,16H,5,10H2,1-4H3,(H,19,23). The van der Waals surface area contributed by atoms with Crippen LogP contribution in [0.1, 0.15) is 31.9 Å². The molecule has 128 valence electrons. The second kappa shape index (κ2) is 6.19. The van der Waals surface area contributed by atoms with E-state index in [0.29, 0.717) is 12.1 Å². The number of nitrogens with zero attached hydrogens (tertiary/aromatic N) is 2. The number of hydrogen-bond donors (Lipinski definition) is 1. The van der Waals surface area contributed by atoms with Crippen molar-refractivity contribution in [2.24, 2.45) is 0 Å². The Hall–Kier alpha value is -2.50. The molecule has 0 aliphatic carbocycles. The zero-order chi connectivity index (χ0) is 17.4. The predicted molar refractivity (Wildman–Crippen MR) is 90.5 cm³/mol. The van der Waals surface area contributed by atoms with Gasteiger partial charge in [0.05, 0.1) is 31.0 Å². The van der Waals surface area contributed by atoms with Gasteiger partial charge in [-0.2, -0.15) is 0 Å². The van der Waals surface area contributed by atoms with Crippen molar-refractivity contribution in [3.63, 3.8) is 0 Å². The molecule has 2 aliphatic rings. The van der Waals surface area contributed by atoms with E-state index in [1.165, 1.54) is 0 Å². The maximum absolute atomic E-state index is 13.0. The molecule has 1 aromatic carbocycles. The summed E-state index contributed by atoms with van der Waals surface area (Å²) in [5.41, 5.74) is 2.34. The first kappa shape index (κ1) is 16.4. The molecule has 1 N–H and O–H groups in total. The summed E-state index contributed by atoms with van der Waals surface area (Å²) in [7, 11) is 3.32. The lowest BCUT2D eigenvalue weighted by molar-refractivity contribution is -0.127. The van der Waals surface area contributed by atoms with Gasteiger partial charge in [0.15, 0.2) is 0 Å². The highest BCUT2D eigenvalue weighted by atomic mass is 16.5. The minimum absolute atomic E-state index is 0.00650. The zero-order valence-corrected chi connectivity index (χ0v) is 14.5. The molecule has 2 aliphatic heterocycles. The molecule has 2 unspecified atom stereocenters. The molecular weight excluding hydrogens is 306 g/mol. The molecule has 0 saturated carbocycles. The van der Waals surface area contributed by atoms with Crippen LogP contribution in [0, 0.1) is 0 Å². The van der Waals surface area contributed by atoms with Crippen LogP contribution in [0.4, 0.5) is 4.79 Å². The van der Waals surface area contributed by atoms with E-state index in [9.17, 15) is 9.59 Å². The van der Waals surface area contributed by atoms with Crippen molar-refractivity contribution in [2.45, 2.75) is 32.4 Å². The van der Waals surface area contributed by atoms with E-state index in [0.717, 1.165) is 23.4 Å². The van der Waals surface area contributed by atoms with Crippen LogP contribution in [0.25, 0.3) is 0 Å². The maximum atomic E-state index is 13.0. The van der Waals surface area contributed by atoms with Crippen molar-refractivity contribution in [2.75, 3.05) is 20.7 Å². The Kier molecular flexibility index (Phi) is 4.22. The third kappa shape index (κ3) is 2.52. The molecule has 0 bridgehead atoms. The fourth-order valence-corrected chi connectivity index (χ4v) is 3.21. The van der Waals surface area contributed by atoms with Crippen molar-refractivity contribution in [3.05, 3.63) is 41.1 Å². The molecular formula is C18H23N3O3. The summed E-state index contributed by atoms with van der Waals surface area (Å²) in [4.78, 5) is 28.7. The van der Waals surface area contributed by atoms with Crippen LogP contribution in [0.2, 0.25) is 0 Å². The first-order valence-corrected chi connectivity index (χ1v) is 8.20. The highest BCUT2D eigenvalue weighted by Crippen LogP contribution is 2.36. The van der Waals surface area contributed by atoms with Crippen LogP contribution in [0.5, 0.6) is 5.75 Å². The average Bonchev–Trinajstić information content (AvgIpc) is 2.95. The molecule has 0 fully saturated rings. The Morgan fingerprint density at radius 3 is 2.54 bits per heavy atom. The number of hydrogen-bond acceptors (Lipinski definition) is 3. The summed E-state index contributed by atoms with van der Waals surface area (Å²) < 4.78 is 5.18. The van der Waals surface area contributed by atoms with Gasteiger partial charge >= 0.3 is 6.03 Å². The Morgan fingerprint density at radius 1 is 1.29 bits per heavy atom. The molecule has 2 atom stereocenters. The van der Waals surface area contributed by atoms with E-state index < -0.39 is 6.04 Å². The SMILES string of the molecule is CCC(C)N1CC2=C(C1=O)C(c1ccc(OC)cc1)NC(=O)N2C. The minimum atomic E-state index is -0.420. The van der Waals surface area contributed by atoms with Crippen molar-refractivity contribution in [1.29, 1.82) is 0 Å². The Balaban J connectivity index is 2.00. The quantitative estimate of drug-likeness (QED) is 0.922. The number of likely N-dealkylation sites (N-methyl/N-ethyl adjacent to an activating group) is 1. The average molecular weight is 329 g/mol. The lowest BCUT2D eigenvalue weighted by Crippen LogP contribution is -2.45. The molecule has 0 spiro atoms. The first-order valence-electron chi connectivity index (χ1n) is 8.20. The molecule has 2 heterocycles. The molecule has 6 heteroatoms. The number of nitrogens with one attached hydrogen (secondary N) is 1. The fourth-order valence-electron chi connectivity index (χ4n) is 3.21. The van der Waals surface area contributed by atoms with Gasteiger partial charge in [0.2, 0.25) is 0 Å². The largest absolute Gasteiger partial charge is 0.497 e. The fraction of sp³-hybridized carbons (Fsp3) is 0.444. The summed E-state index contributed by atoms with van der Waals surface area (Å²) in [6.07, 6.45) is 0.880. The van der Waals surface area contributed by atoms with E-state index >= 15 is 0 Å². The monoisotopic (exact) mass is 329 g/mol. The van der Waals surface area contributed by atoms with Crippen LogP contribution in [0.15, 0.2) is 35.5 Å². The summed E-state index contributed by atoms with van der Waals surface area (Å²) in [5.74, 6) is 0.748. The van der Waals surface area contributed by atoms with Gasteiger partial charge in [-0.3, -0.25) is 9.69 Å². The number of urea groups is 1. The molecule has 3 amide bonds. The van der Waals surface area contributed by atoms with E-state index in [2.05, 4.69) is 12.2 Å². The number of amides is 3. The molecule has 0 aromatic heterocycles. The van der Waals surface area contributed by atoms with Gasteiger partial charge in [-0.15, -0.1) is 0 Å². The number of carbonyl (C=O) groups is 2. The van der Waals surface area contributed by atoms with E-state index in [1.807, 2.05) is 36.1 Å². The van der Waals surface area contributed by atoms with E-state index in [1.54, 1.807) is 19.1 Å². The van der Waals surface area contributed by atoms with Crippen molar-refractivity contribution in [1.82, 2.24) is 15.1 Å². The highest BCUT2D eigenvalue weighted by Gasteiger charge is 2.43. The van der Waals surface area contributed by atoms with Gasteiger partial charge in [0.1, 0.15) is 5.75 Å². The molecule has 0 radical (unpaired) electrons. The molecule has 0 saturated heterocycles. The van der Waals surface area contributed by atoms with Crippen molar-refractivity contribution in [3.8, 4) is 5.75 Å². The van der Waals surface area contributed by atoms with Crippen LogP contribution in [-0.2, 0) is 4.79 Å². The van der Waals surface area contributed by atoms with Gasteiger partial charge in [-0.05, 0) is 31.0 Å². The highest BCUT2D eigenvalue weighted by molar-refractivity contribution is 6.01. The van der Waals surface area contributed by atoms with Crippen LogP contribution in [-0.4, -0.2) is 48.5 Å². The summed E-state index contributed by atoms with van der Waals surface area (Å²) in [6.45, 7) is 4.58.